The molecule has 102 valence electrons. The lowest BCUT2D eigenvalue weighted by Crippen LogP contribution is -2.38. The van der Waals surface area contributed by atoms with Crippen LogP contribution in [0.2, 0.25) is 0 Å². The summed E-state index contributed by atoms with van der Waals surface area (Å²) < 4.78 is 0. The Morgan fingerprint density at radius 3 is 2.74 bits per heavy atom. The number of carbonyl (C=O) groups excluding carboxylic acids is 2. The van der Waals surface area contributed by atoms with E-state index in [0.717, 1.165) is 12.0 Å². The number of nitrogens with zero attached hydrogens (tertiary/aromatic N) is 2. The van der Waals surface area contributed by atoms with Gasteiger partial charge in [-0.3, -0.25) is 9.59 Å². The van der Waals surface area contributed by atoms with Gasteiger partial charge in [-0.05, 0) is 31.0 Å². The first-order chi connectivity index (χ1) is 8.99. The summed E-state index contributed by atoms with van der Waals surface area (Å²) in [5.74, 6) is -0.162. The molecule has 5 nitrogen and oxygen atoms in total. The van der Waals surface area contributed by atoms with Crippen LogP contribution in [-0.4, -0.2) is 53.4 Å². The molecule has 0 atom stereocenters. The maximum atomic E-state index is 12.3. The standard InChI is InChI=1S/C14H18N2O3/c1-10-4-5-11(8-12(10)17)14(19)16-7-3-6-15(2)13(18)9-16/h4-5,8,17H,3,6-7,9H2,1-2H3. The summed E-state index contributed by atoms with van der Waals surface area (Å²) in [4.78, 5) is 27.3. The molecule has 0 radical (unpaired) electrons. The molecule has 1 heterocycles. The Morgan fingerprint density at radius 1 is 1.32 bits per heavy atom. The highest BCUT2D eigenvalue weighted by Crippen LogP contribution is 2.19. The van der Waals surface area contributed by atoms with Crippen LogP contribution in [0.15, 0.2) is 18.2 Å². The van der Waals surface area contributed by atoms with E-state index in [1.54, 1.807) is 31.0 Å². The molecule has 1 aromatic carbocycles. The first-order valence-electron chi connectivity index (χ1n) is 6.32. The molecule has 0 aromatic heterocycles. The molecular weight excluding hydrogens is 244 g/mol. The van der Waals surface area contributed by atoms with Gasteiger partial charge in [0.15, 0.2) is 0 Å². The number of rotatable bonds is 1. The van der Waals surface area contributed by atoms with Crippen LogP contribution in [0.5, 0.6) is 5.75 Å². The molecule has 1 fully saturated rings. The molecule has 0 bridgehead atoms. The summed E-state index contributed by atoms with van der Waals surface area (Å²) >= 11 is 0. The van der Waals surface area contributed by atoms with Gasteiger partial charge in [0.1, 0.15) is 12.3 Å². The van der Waals surface area contributed by atoms with Gasteiger partial charge >= 0.3 is 0 Å². The van der Waals surface area contributed by atoms with Crippen molar-refractivity contribution < 1.29 is 14.7 Å². The van der Waals surface area contributed by atoms with E-state index in [1.165, 1.54) is 11.0 Å². The van der Waals surface area contributed by atoms with Crippen LogP contribution < -0.4 is 0 Å². The fraction of sp³-hybridized carbons (Fsp3) is 0.429. The first-order valence-corrected chi connectivity index (χ1v) is 6.32. The number of aryl methyl sites for hydroxylation is 1. The van der Waals surface area contributed by atoms with Crippen molar-refractivity contribution in [3.8, 4) is 5.75 Å². The lowest BCUT2D eigenvalue weighted by atomic mass is 10.1. The first kappa shape index (κ1) is 13.4. The SMILES string of the molecule is Cc1ccc(C(=O)N2CCCN(C)C(=O)C2)cc1O. The van der Waals surface area contributed by atoms with E-state index >= 15 is 0 Å². The van der Waals surface area contributed by atoms with Crippen LogP contribution in [0.3, 0.4) is 0 Å². The number of likely N-dealkylation sites (N-methyl/N-ethyl adjacent to an activating group) is 1. The highest BCUT2D eigenvalue weighted by Gasteiger charge is 2.23. The summed E-state index contributed by atoms with van der Waals surface area (Å²) in [5, 5.41) is 9.65. The number of amides is 2. The normalized spacial score (nSPS) is 16.4. The lowest BCUT2D eigenvalue weighted by Gasteiger charge is -2.20. The third-order valence-corrected chi connectivity index (χ3v) is 3.42. The minimum atomic E-state index is -0.209. The fourth-order valence-corrected chi connectivity index (χ4v) is 2.08. The molecule has 1 N–H and O–H groups in total. The largest absolute Gasteiger partial charge is 0.508 e. The molecular formula is C14H18N2O3. The quantitative estimate of drug-likeness (QED) is 0.821. The zero-order valence-corrected chi connectivity index (χ0v) is 11.2. The summed E-state index contributed by atoms with van der Waals surface area (Å²) in [7, 11) is 1.74. The topological polar surface area (TPSA) is 60.9 Å². The van der Waals surface area contributed by atoms with Crippen LogP contribution in [0.1, 0.15) is 22.3 Å². The van der Waals surface area contributed by atoms with Crippen molar-refractivity contribution in [3.63, 3.8) is 0 Å². The molecule has 5 heteroatoms. The van der Waals surface area contributed by atoms with Gasteiger partial charge in [-0.2, -0.15) is 0 Å². The number of carbonyl (C=O) groups is 2. The Bertz CT molecular complexity index is 513. The number of aromatic hydroxyl groups is 1. The second-order valence-corrected chi connectivity index (χ2v) is 4.90. The number of hydrogen-bond donors (Lipinski definition) is 1. The minimum absolute atomic E-state index is 0.0535. The summed E-state index contributed by atoms with van der Waals surface area (Å²) in [6.07, 6.45) is 0.770. The zero-order chi connectivity index (χ0) is 14.0. The molecule has 1 aromatic rings. The van der Waals surface area contributed by atoms with Gasteiger partial charge < -0.3 is 14.9 Å². The highest BCUT2D eigenvalue weighted by atomic mass is 16.3. The average molecular weight is 262 g/mol. The average Bonchev–Trinajstić information content (AvgIpc) is 2.55. The zero-order valence-electron chi connectivity index (χ0n) is 11.2. The monoisotopic (exact) mass is 262 g/mol. The summed E-state index contributed by atoms with van der Waals surface area (Å²) in [6, 6.07) is 4.83. The molecule has 0 unspecified atom stereocenters. The van der Waals surface area contributed by atoms with Crippen molar-refractivity contribution in [1.82, 2.24) is 9.80 Å². The van der Waals surface area contributed by atoms with E-state index in [0.29, 0.717) is 18.7 Å². The van der Waals surface area contributed by atoms with Crippen molar-refractivity contribution in [1.29, 1.82) is 0 Å². The van der Waals surface area contributed by atoms with E-state index in [4.69, 9.17) is 0 Å². The van der Waals surface area contributed by atoms with Crippen LogP contribution in [-0.2, 0) is 4.79 Å². The molecule has 1 saturated heterocycles. The molecule has 2 rings (SSSR count). The third kappa shape index (κ3) is 2.86. The number of phenols is 1. The molecule has 0 spiro atoms. The predicted octanol–water partition coefficient (Wildman–Crippen LogP) is 1.00. The third-order valence-electron chi connectivity index (χ3n) is 3.42. The second-order valence-electron chi connectivity index (χ2n) is 4.90. The highest BCUT2D eigenvalue weighted by molar-refractivity contribution is 5.97. The van der Waals surface area contributed by atoms with Crippen molar-refractivity contribution in [2.45, 2.75) is 13.3 Å². The van der Waals surface area contributed by atoms with Gasteiger partial charge in [0.05, 0.1) is 0 Å². The molecule has 2 amide bonds. The molecule has 1 aliphatic rings. The summed E-state index contributed by atoms with van der Waals surface area (Å²) in [6.45, 7) is 3.10. The maximum absolute atomic E-state index is 12.3. The van der Waals surface area contributed by atoms with Crippen LogP contribution in [0.25, 0.3) is 0 Å². The fourth-order valence-electron chi connectivity index (χ4n) is 2.08. The van der Waals surface area contributed by atoms with Crippen LogP contribution in [0, 0.1) is 6.92 Å². The van der Waals surface area contributed by atoms with Gasteiger partial charge in [0.25, 0.3) is 5.91 Å². The van der Waals surface area contributed by atoms with E-state index in [9.17, 15) is 14.7 Å². The van der Waals surface area contributed by atoms with E-state index in [-0.39, 0.29) is 24.1 Å². The predicted molar refractivity (Wildman–Crippen MR) is 71.0 cm³/mol. The van der Waals surface area contributed by atoms with Crippen LogP contribution in [0.4, 0.5) is 0 Å². The van der Waals surface area contributed by atoms with Gasteiger partial charge in [0.2, 0.25) is 5.91 Å². The van der Waals surface area contributed by atoms with Gasteiger partial charge in [-0.15, -0.1) is 0 Å². The van der Waals surface area contributed by atoms with Crippen molar-refractivity contribution in [3.05, 3.63) is 29.3 Å². The summed E-state index contributed by atoms with van der Waals surface area (Å²) in [5.41, 5.74) is 1.14. The van der Waals surface area contributed by atoms with E-state index in [1.807, 2.05) is 0 Å². The second kappa shape index (κ2) is 5.30. The molecule has 1 aliphatic heterocycles. The number of phenolic OH excluding ortho intramolecular Hbond substituents is 1. The van der Waals surface area contributed by atoms with Crippen molar-refractivity contribution in [2.75, 3.05) is 26.7 Å². The van der Waals surface area contributed by atoms with Crippen molar-refractivity contribution in [2.24, 2.45) is 0 Å². The molecule has 19 heavy (non-hydrogen) atoms. The van der Waals surface area contributed by atoms with Gasteiger partial charge in [0, 0.05) is 25.7 Å². The Balaban J connectivity index is 2.18. The van der Waals surface area contributed by atoms with Gasteiger partial charge in [-0.1, -0.05) is 6.07 Å². The van der Waals surface area contributed by atoms with Gasteiger partial charge in [-0.25, -0.2) is 0 Å². The number of benzene rings is 1. The lowest BCUT2D eigenvalue weighted by molar-refractivity contribution is -0.129. The smallest absolute Gasteiger partial charge is 0.254 e. The van der Waals surface area contributed by atoms with E-state index < -0.39 is 0 Å². The Morgan fingerprint density at radius 2 is 2.05 bits per heavy atom. The maximum Gasteiger partial charge on any atom is 0.254 e. The molecule has 0 aliphatic carbocycles. The van der Waals surface area contributed by atoms with E-state index in [2.05, 4.69) is 0 Å². The minimum Gasteiger partial charge on any atom is -0.508 e. The van der Waals surface area contributed by atoms with Crippen LogP contribution >= 0.6 is 0 Å². The Hall–Kier alpha value is -2.04. The Kier molecular flexibility index (Phi) is 3.74. The molecule has 0 saturated carbocycles. The van der Waals surface area contributed by atoms with Crippen molar-refractivity contribution >= 4 is 11.8 Å². The Labute approximate surface area is 112 Å². The number of hydrogen-bond acceptors (Lipinski definition) is 3.